The average molecular weight is 326 g/mol. The first-order chi connectivity index (χ1) is 7.38. The molecule has 1 aromatic heterocycles. The van der Waals surface area contributed by atoms with Crippen molar-refractivity contribution in [1.82, 2.24) is 4.72 Å². The van der Waals surface area contributed by atoms with Crippen LogP contribution in [0, 0.1) is 6.92 Å². The van der Waals surface area contributed by atoms with Gasteiger partial charge < -0.3 is 5.11 Å². The van der Waals surface area contributed by atoms with E-state index in [2.05, 4.69) is 20.7 Å². The van der Waals surface area contributed by atoms with Crippen molar-refractivity contribution in [2.24, 2.45) is 0 Å². The summed E-state index contributed by atoms with van der Waals surface area (Å²) in [6.07, 6.45) is 0.649. The summed E-state index contributed by atoms with van der Waals surface area (Å²) >= 11 is 4.67. The number of nitrogens with one attached hydrogen (secondary N) is 1. The normalized spacial score (nSPS) is 25.4. The van der Waals surface area contributed by atoms with Crippen LogP contribution in [0.2, 0.25) is 0 Å². The Labute approximate surface area is 107 Å². The van der Waals surface area contributed by atoms with Gasteiger partial charge in [0.15, 0.2) is 0 Å². The molecule has 1 aromatic rings. The molecule has 90 valence electrons. The molecule has 0 unspecified atom stereocenters. The van der Waals surface area contributed by atoms with Gasteiger partial charge in [0, 0.05) is 10.9 Å². The van der Waals surface area contributed by atoms with Gasteiger partial charge in [0.1, 0.15) is 0 Å². The van der Waals surface area contributed by atoms with Crippen molar-refractivity contribution in [2.45, 2.75) is 36.8 Å². The largest absolute Gasteiger partial charge is 0.393 e. The molecule has 0 aliphatic heterocycles. The van der Waals surface area contributed by atoms with Crippen molar-refractivity contribution in [3.63, 3.8) is 0 Å². The fraction of sp³-hybridized carbons (Fsp3) is 0.556. The summed E-state index contributed by atoms with van der Waals surface area (Å²) in [5, 5.41) is 9.10. The molecule has 2 N–H and O–H groups in total. The van der Waals surface area contributed by atoms with E-state index >= 15 is 0 Å². The molecule has 0 amide bonds. The van der Waals surface area contributed by atoms with Crippen molar-refractivity contribution >= 4 is 37.3 Å². The van der Waals surface area contributed by atoms with Crippen LogP contribution in [0.4, 0.5) is 0 Å². The van der Waals surface area contributed by atoms with E-state index in [9.17, 15) is 8.42 Å². The minimum atomic E-state index is -3.43. The summed E-state index contributed by atoms with van der Waals surface area (Å²) in [6.45, 7) is 1.78. The molecule has 1 fully saturated rings. The van der Waals surface area contributed by atoms with Gasteiger partial charge in [-0.15, -0.1) is 11.3 Å². The third-order valence-corrected chi connectivity index (χ3v) is 5.90. The van der Waals surface area contributed by atoms with Gasteiger partial charge in [-0.2, -0.15) is 0 Å². The Bertz CT molecular complexity index is 491. The topological polar surface area (TPSA) is 66.4 Å². The van der Waals surface area contributed by atoms with Crippen LogP contribution in [0.1, 0.15) is 17.7 Å². The van der Waals surface area contributed by atoms with E-state index in [0.29, 0.717) is 17.7 Å². The van der Waals surface area contributed by atoms with E-state index in [1.54, 1.807) is 13.0 Å². The lowest BCUT2D eigenvalue weighted by molar-refractivity contribution is 0.0712. The van der Waals surface area contributed by atoms with Crippen molar-refractivity contribution in [2.75, 3.05) is 0 Å². The van der Waals surface area contributed by atoms with Crippen LogP contribution in [0.25, 0.3) is 0 Å². The molecule has 16 heavy (non-hydrogen) atoms. The quantitative estimate of drug-likeness (QED) is 0.887. The molecule has 1 heterocycles. The second kappa shape index (κ2) is 4.38. The summed E-state index contributed by atoms with van der Waals surface area (Å²) < 4.78 is 27.3. The molecule has 0 radical (unpaired) electrons. The molecule has 1 aliphatic carbocycles. The van der Waals surface area contributed by atoms with E-state index < -0.39 is 10.0 Å². The second-order valence-corrected chi connectivity index (χ2v) is 8.23. The summed E-state index contributed by atoms with van der Waals surface area (Å²) in [7, 11) is -3.43. The maximum atomic E-state index is 12.0. The Morgan fingerprint density at radius 3 is 2.62 bits per heavy atom. The first-order valence-electron chi connectivity index (χ1n) is 4.85. The minimum absolute atomic E-state index is 0.127. The number of aryl methyl sites for hydroxylation is 1. The third-order valence-electron chi connectivity index (χ3n) is 2.57. The zero-order valence-corrected chi connectivity index (χ0v) is 11.8. The fourth-order valence-electron chi connectivity index (χ4n) is 1.66. The van der Waals surface area contributed by atoms with Crippen molar-refractivity contribution < 1.29 is 13.5 Å². The molecule has 0 atom stereocenters. The van der Waals surface area contributed by atoms with Crippen molar-refractivity contribution in [3.8, 4) is 0 Å². The smallest absolute Gasteiger partial charge is 0.241 e. The van der Waals surface area contributed by atoms with Crippen molar-refractivity contribution in [1.29, 1.82) is 0 Å². The first kappa shape index (κ1) is 12.5. The second-order valence-electron chi connectivity index (χ2n) is 3.91. The Morgan fingerprint density at radius 1 is 1.56 bits per heavy atom. The monoisotopic (exact) mass is 325 g/mol. The predicted octanol–water partition coefficient (Wildman–Crippen LogP) is 1.62. The Balaban J connectivity index is 2.16. The maximum Gasteiger partial charge on any atom is 0.241 e. The van der Waals surface area contributed by atoms with E-state index in [1.807, 2.05) is 0 Å². The van der Waals surface area contributed by atoms with Crippen molar-refractivity contribution in [3.05, 3.63) is 14.7 Å². The summed E-state index contributed by atoms with van der Waals surface area (Å²) in [5.74, 6) is 0. The van der Waals surface area contributed by atoms with Crippen LogP contribution in [0.3, 0.4) is 0 Å². The van der Waals surface area contributed by atoms with Crippen LogP contribution in [-0.2, 0) is 10.0 Å². The fourth-order valence-corrected chi connectivity index (χ4v) is 5.34. The minimum Gasteiger partial charge on any atom is -0.393 e. The molecule has 0 aromatic carbocycles. The Hall–Kier alpha value is 0.0500. The van der Waals surface area contributed by atoms with Gasteiger partial charge >= 0.3 is 0 Å². The van der Waals surface area contributed by atoms with Gasteiger partial charge in [-0.1, -0.05) is 0 Å². The van der Waals surface area contributed by atoms with E-state index in [0.717, 1.165) is 8.66 Å². The Morgan fingerprint density at radius 2 is 2.19 bits per heavy atom. The molecule has 0 saturated heterocycles. The molecular formula is C9H12BrNO3S2. The van der Waals surface area contributed by atoms with E-state index in [-0.39, 0.29) is 12.1 Å². The highest BCUT2D eigenvalue weighted by atomic mass is 79.9. The maximum absolute atomic E-state index is 12.0. The van der Waals surface area contributed by atoms with Gasteiger partial charge in [0.05, 0.1) is 14.8 Å². The molecule has 1 saturated carbocycles. The van der Waals surface area contributed by atoms with Crippen LogP contribution in [0.15, 0.2) is 14.7 Å². The summed E-state index contributed by atoms with van der Waals surface area (Å²) in [5.41, 5.74) is 0. The number of aliphatic hydroxyl groups is 1. The van der Waals surface area contributed by atoms with Gasteiger partial charge in [-0.05, 0) is 41.8 Å². The number of thiophene rings is 1. The van der Waals surface area contributed by atoms with E-state index in [4.69, 9.17) is 5.11 Å². The highest BCUT2D eigenvalue weighted by Crippen LogP contribution is 2.30. The standard InChI is InChI=1S/C9H12BrNO3S2/c1-5-8(4-9(10)15-5)16(13,14)11-6-2-7(12)3-6/h4,6-7,11-12H,2-3H2,1H3. The molecule has 4 nitrogen and oxygen atoms in total. The third kappa shape index (κ3) is 2.48. The van der Waals surface area contributed by atoms with Gasteiger partial charge in [-0.3, -0.25) is 0 Å². The van der Waals surface area contributed by atoms with Crippen LogP contribution in [-0.4, -0.2) is 25.7 Å². The average Bonchev–Trinajstić information content (AvgIpc) is 2.43. The zero-order chi connectivity index (χ0) is 11.9. The molecule has 0 spiro atoms. The summed E-state index contributed by atoms with van der Waals surface area (Å²) in [6, 6.07) is 1.48. The van der Waals surface area contributed by atoms with Gasteiger partial charge in [0.25, 0.3) is 0 Å². The Kier molecular flexibility index (Phi) is 3.42. The van der Waals surface area contributed by atoms with E-state index in [1.165, 1.54) is 11.3 Å². The lowest BCUT2D eigenvalue weighted by atomic mass is 9.91. The number of hydrogen-bond acceptors (Lipinski definition) is 4. The molecule has 2 rings (SSSR count). The molecule has 1 aliphatic rings. The van der Waals surface area contributed by atoms with Gasteiger partial charge in [-0.25, -0.2) is 13.1 Å². The highest BCUT2D eigenvalue weighted by Gasteiger charge is 2.32. The van der Waals surface area contributed by atoms with Crippen LogP contribution >= 0.6 is 27.3 Å². The lowest BCUT2D eigenvalue weighted by Gasteiger charge is -2.31. The van der Waals surface area contributed by atoms with Crippen LogP contribution < -0.4 is 4.72 Å². The molecular weight excluding hydrogens is 314 g/mol. The highest BCUT2D eigenvalue weighted by molar-refractivity contribution is 9.11. The summed E-state index contributed by atoms with van der Waals surface area (Å²) in [4.78, 5) is 1.09. The van der Waals surface area contributed by atoms with Crippen LogP contribution in [0.5, 0.6) is 0 Å². The molecule has 7 heteroatoms. The number of sulfonamides is 1. The number of rotatable bonds is 3. The predicted molar refractivity (Wildman–Crippen MR) is 66.1 cm³/mol. The first-order valence-corrected chi connectivity index (χ1v) is 7.94. The SMILES string of the molecule is Cc1sc(Br)cc1S(=O)(=O)NC1CC(O)C1. The lowest BCUT2D eigenvalue weighted by Crippen LogP contribution is -2.46. The van der Waals surface area contributed by atoms with Gasteiger partial charge in [0.2, 0.25) is 10.0 Å². The number of aliphatic hydroxyl groups excluding tert-OH is 1. The zero-order valence-electron chi connectivity index (χ0n) is 8.60. The number of halogens is 1. The number of hydrogen-bond donors (Lipinski definition) is 2. The molecule has 0 bridgehead atoms.